The molecule has 0 fully saturated rings. The molecule has 1 heterocycles. The van der Waals surface area contributed by atoms with Crippen LogP contribution in [0.25, 0.3) is 0 Å². The molecule has 1 N–H and O–H groups in total. The van der Waals surface area contributed by atoms with Crippen molar-refractivity contribution in [1.82, 2.24) is 15.1 Å². The fourth-order valence-corrected chi connectivity index (χ4v) is 2.52. The molecule has 2 atom stereocenters. The predicted molar refractivity (Wildman–Crippen MR) is 85.9 cm³/mol. The average molecular weight is 318 g/mol. The lowest BCUT2D eigenvalue weighted by Gasteiger charge is -2.22. The van der Waals surface area contributed by atoms with Crippen molar-refractivity contribution in [3.8, 4) is 0 Å². The summed E-state index contributed by atoms with van der Waals surface area (Å²) in [5.41, 5.74) is 1.05. The van der Waals surface area contributed by atoms with Crippen molar-refractivity contribution in [1.29, 1.82) is 0 Å². The summed E-state index contributed by atoms with van der Waals surface area (Å²) in [7, 11) is 3.44. The molecule has 0 saturated heterocycles. The van der Waals surface area contributed by atoms with Crippen LogP contribution in [0, 0.1) is 0 Å². The number of methoxy groups -OCH3 is 2. The largest absolute Gasteiger partial charge is 0.383 e. The zero-order valence-electron chi connectivity index (χ0n) is 13.6. The van der Waals surface area contributed by atoms with Crippen LogP contribution in [-0.2, 0) is 16.0 Å². The Hall–Kier alpha value is -0.620. The molecule has 1 rings (SSSR count). The molecule has 1 aromatic heterocycles. The van der Waals surface area contributed by atoms with E-state index in [0.717, 1.165) is 31.5 Å². The molecule has 1 aromatic rings. The second kappa shape index (κ2) is 10.2. The summed E-state index contributed by atoms with van der Waals surface area (Å²) in [4.78, 5) is 0. The summed E-state index contributed by atoms with van der Waals surface area (Å²) in [6.45, 7) is 6.53. The Morgan fingerprint density at radius 3 is 2.76 bits per heavy atom. The van der Waals surface area contributed by atoms with E-state index in [9.17, 15) is 0 Å². The van der Waals surface area contributed by atoms with E-state index in [2.05, 4.69) is 24.3 Å². The van der Waals surface area contributed by atoms with Gasteiger partial charge in [-0.1, -0.05) is 18.5 Å². The Labute approximate surface area is 132 Å². The van der Waals surface area contributed by atoms with Gasteiger partial charge in [0.25, 0.3) is 0 Å². The zero-order valence-corrected chi connectivity index (χ0v) is 14.3. The molecule has 0 bridgehead atoms. The lowest BCUT2D eigenvalue weighted by molar-refractivity contribution is 0.105. The van der Waals surface area contributed by atoms with Gasteiger partial charge < -0.3 is 14.8 Å². The van der Waals surface area contributed by atoms with Crippen LogP contribution in [0.5, 0.6) is 0 Å². The minimum Gasteiger partial charge on any atom is -0.383 e. The molecule has 2 unspecified atom stereocenters. The molecule has 0 radical (unpaired) electrons. The van der Waals surface area contributed by atoms with Crippen molar-refractivity contribution >= 4 is 11.6 Å². The Bertz CT molecular complexity index is 398. The monoisotopic (exact) mass is 317 g/mol. The Kier molecular flexibility index (Phi) is 8.92. The van der Waals surface area contributed by atoms with Crippen molar-refractivity contribution in [3.63, 3.8) is 0 Å². The van der Waals surface area contributed by atoms with Crippen LogP contribution in [0.4, 0.5) is 0 Å². The van der Waals surface area contributed by atoms with Crippen molar-refractivity contribution in [2.24, 2.45) is 0 Å². The smallest absolute Gasteiger partial charge is 0.0834 e. The third-order valence-corrected chi connectivity index (χ3v) is 3.87. The van der Waals surface area contributed by atoms with E-state index in [4.69, 9.17) is 21.1 Å². The number of halogens is 1. The predicted octanol–water partition coefficient (Wildman–Crippen LogP) is 3.04. The Morgan fingerprint density at radius 1 is 1.38 bits per heavy atom. The van der Waals surface area contributed by atoms with E-state index in [1.165, 1.54) is 0 Å². The van der Waals surface area contributed by atoms with Crippen LogP contribution >= 0.6 is 11.6 Å². The minimum atomic E-state index is 0.189. The normalized spacial score (nSPS) is 14.3. The van der Waals surface area contributed by atoms with Crippen LogP contribution in [0.15, 0.2) is 6.20 Å². The van der Waals surface area contributed by atoms with Crippen LogP contribution in [0.2, 0.25) is 5.02 Å². The summed E-state index contributed by atoms with van der Waals surface area (Å²) in [5, 5.41) is 8.64. The summed E-state index contributed by atoms with van der Waals surface area (Å²) >= 11 is 6.35. The van der Waals surface area contributed by atoms with E-state index < -0.39 is 0 Å². The molecule has 0 aliphatic carbocycles. The molecule has 0 aromatic carbocycles. The summed E-state index contributed by atoms with van der Waals surface area (Å²) in [6, 6.07) is 0.189. The standard InChI is InChI=1S/C15H28ClN3O2/c1-5-8-17-14(7-6-12(2)21-4)15-13(16)11-18-19(15)9-10-20-3/h11-12,14,17H,5-10H2,1-4H3. The molecular weight excluding hydrogens is 290 g/mol. The third-order valence-electron chi connectivity index (χ3n) is 3.58. The average Bonchev–Trinajstić information content (AvgIpc) is 2.86. The summed E-state index contributed by atoms with van der Waals surface area (Å²) in [6.07, 6.45) is 4.98. The van der Waals surface area contributed by atoms with Crippen LogP contribution in [0.1, 0.15) is 44.8 Å². The van der Waals surface area contributed by atoms with Crippen LogP contribution in [-0.4, -0.2) is 43.3 Å². The molecule has 0 aliphatic heterocycles. The SMILES string of the molecule is CCCNC(CCC(C)OC)c1c(Cl)cnn1CCOC. The maximum atomic E-state index is 6.35. The van der Waals surface area contributed by atoms with Gasteiger partial charge in [0.05, 0.1) is 42.2 Å². The van der Waals surface area contributed by atoms with Gasteiger partial charge in [0.15, 0.2) is 0 Å². The van der Waals surface area contributed by atoms with E-state index in [1.807, 2.05) is 4.68 Å². The number of hydrogen-bond acceptors (Lipinski definition) is 4. The molecule has 5 nitrogen and oxygen atoms in total. The highest BCUT2D eigenvalue weighted by Crippen LogP contribution is 2.27. The molecular formula is C15H28ClN3O2. The molecule has 0 amide bonds. The van der Waals surface area contributed by atoms with Crippen LogP contribution in [0.3, 0.4) is 0 Å². The van der Waals surface area contributed by atoms with Crippen molar-refractivity contribution < 1.29 is 9.47 Å². The minimum absolute atomic E-state index is 0.189. The maximum absolute atomic E-state index is 6.35. The highest BCUT2D eigenvalue weighted by molar-refractivity contribution is 6.31. The zero-order chi connectivity index (χ0) is 15.7. The topological polar surface area (TPSA) is 48.3 Å². The van der Waals surface area contributed by atoms with Gasteiger partial charge in [-0.3, -0.25) is 4.68 Å². The molecule has 0 spiro atoms. The number of aromatic nitrogens is 2. The molecule has 0 aliphatic rings. The number of ether oxygens (including phenoxy) is 2. The fraction of sp³-hybridized carbons (Fsp3) is 0.800. The molecule has 6 heteroatoms. The Morgan fingerprint density at radius 2 is 2.14 bits per heavy atom. The van der Waals surface area contributed by atoms with E-state index >= 15 is 0 Å². The van der Waals surface area contributed by atoms with Gasteiger partial charge in [0.2, 0.25) is 0 Å². The van der Waals surface area contributed by atoms with Gasteiger partial charge in [-0.2, -0.15) is 5.10 Å². The number of nitrogens with zero attached hydrogens (tertiary/aromatic N) is 2. The van der Waals surface area contributed by atoms with Gasteiger partial charge in [-0.15, -0.1) is 0 Å². The second-order valence-electron chi connectivity index (χ2n) is 5.22. The number of rotatable bonds is 11. The highest BCUT2D eigenvalue weighted by Gasteiger charge is 2.20. The summed E-state index contributed by atoms with van der Waals surface area (Å²) < 4.78 is 12.4. The first-order valence-electron chi connectivity index (χ1n) is 7.60. The van der Waals surface area contributed by atoms with Crippen molar-refractivity contribution in [2.75, 3.05) is 27.4 Å². The highest BCUT2D eigenvalue weighted by atomic mass is 35.5. The van der Waals surface area contributed by atoms with Gasteiger partial charge in [0, 0.05) is 14.2 Å². The van der Waals surface area contributed by atoms with Crippen molar-refractivity contribution in [3.05, 3.63) is 16.9 Å². The quantitative estimate of drug-likeness (QED) is 0.681. The van der Waals surface area contributed by atoms with Crippen molar-refractivity contribution in [2.45, 2.75) is 51.8 Å². The van der Waals surface area contributed by atoms with Gasteiger partial charge in [0.1, 0.15) is 0 Å². The van der Waals surface area contributed by atoms with Crippen LogP contribution < -0.4 is 5.32 Å². The number of nitrogens with one attached hydrogen (secondary N) is 1. The first kappa shape index (κ1) is 18.4. The lowest BCUT2D eigenvalue weighted by atomic mass is 10.0. The van der Waals surface area contributed by atoms with E-state index in [0.29, 0.717) is 18.2 Å². The maximum Gasteiger partial charge on any atom is 0.0834 e. The Balaban J connectivity index is 2.82. The van der Waals surface area contributed by atoms with Gasteiger partial charge in [-0.05, 0) is 32.7 Å². The number of hydrogen-bond donors (Lipinski definition) is 1. The molecule has 0 saturated carbocycles. The van der Waals surface area contributed by atoms with E-state index in [1.54, 1.807) is 20.4 Å². The second-order valence-corrected chi connectivity index (χ2v) is 5.63. The lowest BCUT2D eigenvalue weighted by Crippen LogP contribution is -2.27. The molecule has 122 valence electrons. The van der Waals surface area contributed by atoms with Gasteiger partial charge >= 0.3 is 0 Å². The first-order valence-corrected chi connectivity index (χ1v) is 7.98. The first-order chi connectivity index (χ1) is 10.1. The summed E-state index contributed by atoms with van der Waals surface area (Å²) in [5.74, 6) is 0. The molecule has 21 heavy (non-hydrogen) atoms. The fourth-order valence-electron chi connectivity index (χ4n) is 2.25. The van der Waals surface area contributed by atoms with Gasteiger partial charge in [-0.25, -0.2) is 0 Å². The third kappa shape index (κ3) is 5.94. The van der Waals surface area contributed by atoms with E-state index in [-0.39, 0.29) is 12.1 Å².